The average molecular weight is 282 g/mol. The van der Waals surface area contributed by atoms with E-state index >= 15 is 0 Å². The Morgan fingerprint density at radius 1 is 1.05 bits per heavy atom. The van der Waals surface area contributed by atoms with E-state index in [0.717, 1.165) is 32.5 Å². The summed E-state index contributed by atoms with van der Waals surface area (Å²) in [7, 11) is 0. The lowest BCUT2D eigenvalue weighted by Crippen LogP contribution is -2.41. The first-order valence-corrected chi connectivity index (χ1v) is 7.89. The van der Waals surface area contributed by atoms with Crippen LogP contribution in [-0.4, -0.2) is 48.1 Å². The molecule has 0 aromatic carbocycles. The molecule has 114 valence electrons. The Morgan fingerprint density at radius 2 is 1.75 bits per heavy atom. The number of carboxylic acid groups (broad SMARTS) is 1. The highest BCUT2D eigenvalue weighted by Crippen LogP contribution is 2.29. The van der Waals surface area contributed by atoms with Crippen LogP contribution in [0.1, 0.15) is 44.9 Å². The summed E-state index contributed by atoms with van der Waals surface area (Å²) in [6, 6.07) is 0. The van der Waals surface area contributed by atoms with Crippen molar-refractivity contribution >= 4 is 11.9 Å². The molecule has 2 fully saturated rings. The molecule has 2 atom stereocenters. The fraction of sp³-hybridized carbons (Fsp3) is 0.867. The number of carboxylic acids is 1. The number of likely N-dealkylation sites (tertiary alicyclic amines) is 1. The Labute approximate surface area is 120 Å². The van der Waals surface area contributed by atoms with Crippen molar-refractivity contribution in [2.45, 2.75) is 44.9 Å². The second kappa shape index (κ2) is 7.62. The Balaban J connectivity index is 1.67. The van der Waals surface area contributed by atoms with Crippen molar-refractivity contribution in [3.05, 3.63) is 0 Å². The lowest BCUT2D eigenvalue weighted by atomic mass is 9.81. The van der Waals surface area contributed by atoms with Crippen LogP contribution in [-0.2, 0) is 9.59 Å². The van der Waals surface area contributed by atoms with Crippen molar-refractivity contribution in [1.29, 1.82) is 0 Å². The lowest BCUT2D eigenvalue weighted by molar-refractivity contribution is -0.144. The molecule has 1 saturated heterocycles. The van der Waals surface area contributed by atoms with Gasteiger partial charge in [0.1, 0.15) is 0 Å². The van der Waals surface area contributed by atoms with E-state index < -0.39 is 5.97 Å². The van der Waals surface area contributed by atoms with Gasteiger partial charge >= 0.3 is 5.97 Å². The van der Waals surface area contributed by atoms with Crippen LogP contribution >= 0.6 is 0 Å². The molecule has 0 spiro atoms. The Hall–Kier alpha value is -1.10. The minimum Gasteiger partial charge on any atom is -0.481 e. The lowest BCUT2D eigenvalue weighted by Gasteiger charge is -2.28. The van der Waals surface area contributed by atoms with E-state index in [1.54, 1.807) is 0 Å². The molecular formula is C15H26N2O3. The van der Waals surface area contributed by atoms with Gasteiger partial charge in [-0.25, -0.2) is 0 Å². The van der Waals surface area contributed by atoms with Gasteiger partial charge < -0.3 is 15.3 Å². The summed E-state index contributed by atoms with van der Waals surface area (Å²) in [5, 5.41) is 12.0. The number of carbonyl (C=O) groups excluding carboxylic acids is 1. The molecule has 0 aromatic rings. The number of hydrogen-bond acceptors (Lipinski definition) is 3. The molecule has 20 heavy (non-hydrogen) atoms. The molecule has 1 amide bonds. The van der Waals surface area contributed by atoms with Gasteiger partial charge in [-0.1, -0.05) is 12.8 Å². The molecule has 1 saturated carbocycles. The molecule has 1 heterocycles. The highest BCUT2D eigenvalue weighted by molar-refractivity contribution is 5.80. The molecule has 5 heteroatoms. The fourth-order valence-corrected chi connectivity index (χ4v) is 3.32. The summed E-state index contributed by atoms with van der Waals surface area (Å²) in [5.41, 5.74) is 0. The predicted octanol–water partition coefficient (Wildman–Crippen LogP) is 1.48. The van der Waals surface area contributed by atoms with Crippen molar-refractivity contribution in [3.8, 4) is 0 Å². The number of piperidine rings is 1. The van der Waals surface area contributed by atoms with Gasteiger partial charge in [0.05, 0.1) is 5.92 Å². The Bertz CT molecular complexity index is 340. The fourth-order valence-electron chi connectivity index (χ4n) is 3.32. The molecular weight excluding hydrogens is 256 g/mol. The molecule has 2 rings (SSSR count). The van der Waals surface area contributed by atoms with Crippen LogP contribution in [0.2, 0.25) is 0 Å². The van der Waals surface area contributed by atoms with E-state index in [9.17, 15) is 9.59 Å². The van der Waals surface area contributed by atoms with Gasteiger partial charge in [0.2, 0.25) is 5.91 Å². The monoisotopic (exact) mass is 282 g/mol. The summed E-state index contributed by atoms with van der Waals surface area (Å²) in [6.07, 6.45) is 6.74. The molecule has 0 radical (unpaired) electrons. The van der Waals surface area contributed by atoms with Gasteiger partial charge in [0.15, 0.2) is 0 Å². The van der Waals surface area contributed by atoms with Crippen molar-refractivity contribution in [3.63, 3.8) is 0 Å². The number of nitrogens with one attached hydrogen (secondary N) is 1. The second-order valence-corrected chi connectivity index (χ2v) is 6.09. The molecule has 2 aliphatic rings. The molecule has 2 unspecified atom stereocenters. The third-order valence-electron chi connectivity index (χ3n) is 4.57. The third-order valence-corrected chi connectivity index (χ3v) is 4.57. The average Bonchev–Trinajstić information content (AvgIpc) is 2.48. The first-order chi connectivity index (χ1) is 9.66. The molecule has 0 aromatic heterocycles. The smallest absolute Gasteiger partial charge is 0.306 e. The highest BCUT2D eigenvalue weighted by Gasteiger charge is 2.30. The van der Waals surface area contributed by atoms with Gasteiger partial charge in [-0.15, -0.1) is 0 Å². The Kier molecular flexibility index (Phi) is 5.83. The minimum atomic E-state index is -0.754. The van der Waals surface area contributed by atoms with Crippen LogP contribution in [0.3, 0.4) is 0 Å². The Morgan fingerprint density at radius 3 is 2.45 bits per heavy atom. The standard InChI is InChI=1S/C15H26N2O3/c18-14(12-5-4-6-13(11-12)15(19)20)16-7-10-17-8-2-1-3-9-17/h12-13H,1-11H2,(H,16,18)(H,19,20). The highest BCUT2D eigenvalue weighted by atomic mass is 16.4. The van der Waals surface area contributed by atoms with Crippen molar-refractivity contribution in [2.24, 2.45) is 11.8 Å². The number of nitrogens with zero attached hydrogens (tertiary/aromatic N) is 1. The van der Waals surface area contributed by atoms with E-state index in [-0.39, 0.29) is 17.7 Å². The van der Waals surface area contributed by atoms with Gasteiger partial charge in [-0.05, 0) is 45.2 Å². The van der Waals surface area contributed by atoms with E-state index in [1.807, 2.05) is 0 Å². The molecule has 0 bridgehead atoms. The summed E-state index contributed by atoms with van der Waals surface area (Å²) < 4.78 is 0. The van der Waals surface area contributed by atoms with Gasteiger partial charge in [0.25, 0.3) is 0 Å². The number of aliphatic carboxylic acids is 1. The first-order valence-electron chi connectivity index (χ1n) is 7.89. The van der Waals surface area contributed by atoms with E-state index in [1.165, 1.54) is 19.3 Å². The summed E-state index contributed by atoms with van der Waals surface area (Å²) in [5.74, 6) is -1.14. The van der Waals surface area contributed by atoms with Crippen LogP contribution in [0.15, 0.2) is 0 Å². The zero-order valence-electron chi connectivity index (χ0n) is 12.1. The molecule has 1 aliphatic heterocycles. The maximum atomic E-state index is 12.1. The zero-order chi connectivity index (χ0) is 14.4. The van der Waals surface area contributed by atoms with Crippen LogP contribution in [0.4, 0.5) is 0 Å². The normalized spacial score (nSPS) is 28.0. The molecule has 2 N–H and O–H groups in total. The van der Waals surface area contributed by atoms with E-state index in [0.29, 0.717) is 19.4 Å². The quantitative estimate of drug-likeness (QED) is 0.801. The van der Waals surface area contributed by atoms with Crippen LogP contribution in [0.5, 0.6) is 0 Å². The third kappa shape index (κ3) is 4.47. The van der Waals surface area contributed by atoms with Crippen molar-refractivity contribution < 1.29 is 14.7 Å². The topological polar surface area (TPSA) is 69.6 Å². The maximum Gasteiger partial charge on any atom is 0.306 e. The SMILES string of the molecule is O=C(O)C1CCCC(C(=O)NCCN2CCCCC2)C1. The summed E-state index contributed by atoms with van der Waals surface area (Å²) in [6.45, 7) is 3.88. The van der Waals surface area contributed by atoms with Crippen LogP contribution in [0.25, 0.3) is 0 Å². The van der Waals surface area contributed by atoms with Crippen LogP contribution < -0.4 is 5.32 Å². The largest absolute Gasteiger partial charge is 0.481 e. The maximum absolute atomic E-state index is 12.1. The van der Waals surface area contributed by atoms with Crippen molar-refractivity contribution in [2.75, 3.05) is 26.2 Å². The number of rotatable bonds is 5. The predicted molar refractivity (Wildman–Crippen MR) is 76.4 cm³/mol. The first kappa shape index (κ1) is 15.3. The minimum absolute atomic E-state index is 0.0490. The second-order valence-electron chi connectivity index (χ2n) is 6.09. The van der Waals surface area contributed by atoms with Gasteiger partial charge in [0, 0.05) is 19.0 Å². The summed E-state index contributed by atoms with van der Waals surface area (Å²) in [4.78, 5) is 25.5. The molecule has 5 nitrogen and oxygen atoms in total. The zero-order valence-corrected chi connectivity index (χ0v) is 12.1. The van der Waals surface area contributed by atoms with E-state index in [4.69, 9.17) is 5.11 Å². The van der Waals surface area contributed by atoms with Gasteiger partial charge in [-0.3, -0.25) is 9.59 Å². The van der Waals surface area contributed by atoms with E-state index in [2.05, 4.69) is 10.2 Å². The number of hydrogen-bond donors (Lipinski definition) is 2. The number of carbonyl (C=O) groups is 2. The van der Waals surface area contributed by atoms with Crippen LogP contribution in [0, 0.1) is 11.8 Å². The molecule has 1 aliphatic carbocycles. The number of amides is 1. The van der Waals surface area contributed by atoms with Crippen molar-refractivity contribution in [1.82, 2.24) is 10.2 Å². The summed E-state index contributed by atoms with van der Waals surface area (Å²) >= 11 is 0. The van der Waals surface area contributed by atoms with Gasteiger partial charge in [-0.2, -0.15) is 0 Å².